The highest BCUT2D eigenvalue weighted by Crippen LogP contribution is 2.26. The normalized spacial score (nSPS) is 20.0. The van der Waals surface area contributed by atoms with Crippen LogP contribution in [0, 0.1) is 0 Å². The van der Waals surface area contributed by atoms with Gasteiger partial charge < -0.3 is 9.64 Å². The molecule has 1 amide bonds. The van der Waals surface area contributed by atoms with Crippen molar-refractivity contribution in [3.8, 4) is 11.4 Å². The molecule has 7 nitrogen and oxygen atoms in total. The minimum atomic E-state index is 0.181. The van der Waals surface area contributed by atoms with E-state index in [1.165, 1.54) is 11.8 Å². The molecule has 138 valence electrons. The van der Waals surface area contributed by atoms with Gasteiger partial charge >= 0.3 is 0 Å². The molecule has 0 bridgehead atoms. The maximum absolute atomic E-state index is 12.4. The first-order chi connectivity index (χ1) is 12.8. The molecule has 0 aromatic carbocycles. The summed E-state index contributed by atoms with van der Waals surface area (Å²) in [5.41, 5.74) is 0.975. The first-order valence-electron chi connectivity index (χ1n) is 9.17. The van der Waals surface area contributed by atoms with Gasteiger partial charge in [0.1, 0.15) is 0 Å². The van der Waals surface area contributed by atoms with Crippen LogP contribution in [0.15, 0.2) is 29.7 Å². The summed E-state index contributed by atoms with van der Waals surface area (Å²) in [4.78, 5) is 18.4. The third-order valence-corrected chi connectivity index (χ3v) is 5.80. The van der Waals surface area contributed by atoms with Crippen LogP contribution in [0.3, 0.4) is 0 Å². The Bertz CT molecular complexity index is 739. The maximum atomic E-state index is 12.4. The fourth-order valence-electron chi connectivity index (χ4n) is 3.45. The minimum Gasteiger partial charge on any atom is -0.376 e. The highest BCUT2D eigenvalue weighted by atomic mass is 32.2. The molecule has 2 fully saturated rings. The van der Waals surface area contributed by atoms with Crippen molar-refractivity contribution in [2.24, 2.45) is 0 Å². The lowest BCUT2D eigenvalue weighted by Gasteiger charge is -2.16. The Hall–Kier alpha value is -1.93. The number of hydrogen-bond acceptors (Lipinski definition) is 6. The van der Waals surface area contributed by atoms with Gasteiger partial charge in [0.05, 0.1) is 18.4 Å². The predicted octanol–water partition coefficient (Wildman–Crippen LogP) is 2.23. The van der Waals surface area contributed by atoms with Gasteiger partial charge in [-0.3, -0.25) is 14.3 Å². The van der Waals surface area contributed by atoms with Crippen molar-refractivity contribution in [3.05, 3.63) is 24.5 Å². The average molecular weight is 373 g/mol. The molecule has 0 saturated carbocycles. The molecule has 4 rings (SSSR count). The molecular formula is C18H23N5O2S. The van der Waals surface area contributed by atoms with Crippen LogP contribution < -0.4 is 0 Å². The van der Waals surface area contributed by atoms with Crippen molar-refractivity contribution in [2.75, 3.05) is 25.4 Å². The molecule has 0 N–H and O–H groups in total. The Kier molecular flexibility index (Phi) is 5.50. The topological polar surface area (TPSA) is 73.1 Å². The van der Waals surface area contributed by atoms with Crippen LogP contribution in [-0.2, 0) is 16.1 Å². The lowest BCUT2D eigenvalue weighted by molar-refractivity contribution is -0.127. The van der Waals surface area contributed by atoms with E-state index in [1.54, 1.807) is 12.4 Å². The Labute approximate surface area is 157 Å². The van der Waals surface area contributed by atoms with Crippen LogP contribution in [0.25, 0.3) is 11.4 Å². The highest BCUT2D eigenvalue weighted by molar-refractivity contribution is 7.99. The summed E-state index contributed by atoms with van der Waals surface area (Å²) in [6, 6.07) is 3.86. The van der Waals surface area contributed by atoms with Crippen LogP contribution >= 0.6 is 11.8 Å². The molecule has 2 aromatic heterocycles. The third-order valence-electron chi connectivity index (χ3n) is 4.85. The van der Waals surface area contributed by atoms with Crippen LogP contribution in [0.2, 0.25) is 0 Å². The van der Waals surface area contributed by atoms with Crippen molar-refractivity contribution in [3.63, 3.8) is 0 Å². The second-order valence-corrected chi connectivity index (χ2v) is 7.61. The summed E-state index contributed by atoms with van der Waals surface area (Å²) in [7, 11) is 0. The monoisotopic (exact) mass is 373 g/mol. The van der Waals surface area contributed by atoms with Crippen molar-refractivity contribution in [1.82, 2.24) is 24.6 Å². The van der Waals surface area contributed by atoms with Crippen molar-refractivity contribution in [1.29, 1.82) is 0 Å². The Balaban J connectivity index is 1.53. The van der Waals surface area contributed by atoms with Gasteiger partial charge in [-0.25, -0.2) is 0 Å². The van der Waals surface area contributed by atoms with E-state index in [0.29, 0.717) is 12.3 Å². The fourth-order valence-corrected chi connectivity index (χ4v) is 4.30. The van der Waals surface area contributed by atoms with E-state index in [-0.39, 0.29) is 12.0 Å². The van der Waals surface area contributed by atoms with Gasteiger partial charge in [0.25, 0.3) is 0 Å². The molecule has 2 aromatic rings. The zero-order valence-corrected chi connectivity index (χ0v) is 15.5. The minimum absolute atomic E-state index is 0.181. The quantitative estimate of drug-likeness (QED) is 0.723. The number of rotatable bonds is 6. The summed E-state index contributed by atoms with van der Waals surface area (Å²) in [5, 5.41) is 9.53. The van der Waals surface area contributed by atoms with E-state index in [2.05, 4.69) is 19.7 Å². The lowest BCUT2D eigenvalue weighted by Crippen LogP contribution is -2.29. The SMILES string of the molecule is O=C(CSc1nnc(-c2ccncc2)n1CC1CCCO1)N1CCCC1. The molecule has 0 spiro atoms. The van der Waals surface area contributed by atoms with Gasteiger partial charge in [-0.15, -0.1) is 10.2 Å². The zero-order valence-electron chi connectivity index (χ0n) is 14.7. The zero-order chi connectivity index (χ0) is 17.8. The molecule has 1 unspecified atom stereocenters. The number of carbonyl (C=O) groups excluding carboxylic acids is 1. The summed E-state index contributed by atoms with van der Waals surface area (Å²) in [6.45, 7) is 3.28. The fraction of sp³-hybridized carbons (Fsp3) is 0.556. The molecule has 26 heavy (non-hydrogen) atoms. The lowest BCUT2D eigenvalue weighted by atomic mass is 10.2. The number of nitrogens with zero attached hydrogens (tertiary/aromatic N) is 5. The number of amides is 1. The van der Waals surface area contributed by atoms with Crippen molar-refractivity contribution < 1.29 is 9.53 Å². The second-order valence-electron chi connectivity index (χ2n) is 6.66. The van der Waals surface area contributed by atoms with Crippen LogP contribution in [0.1, 0.15) is 25.7 Å². The second kappa shape index (κ2) is 8.18. The number of ether oxygens (including phenoxy) is 1. The van der Waals surface area contributed by atoms with E-state index >= 15 is 0 Å². The van der Waals surface area contributed by atoms with Crippen molar-refractivity contribution in [2.45, 2.75) is 43.5 Å². The van der Waals surface area contributed by atoms with Crippen LogP contribution in [-0.4, -0.2) is 62.1 Å². The largest absolute Gasteiger partial charge is 0.376 e. The van der Waals surface area contributed by atoms with E-state index < -0.39 is 0 Å². The molecule has 0 aliphatic carbocycles. The molecule has 1 atom stereocenters. The summed E-state index contributed by atoms with van der Waals surface area (Å²) in [6.07, 6.45) is 8.04. The number of aromatic nitrogens is 4. The highest BCUT2D eigenvalue weighted by Gasteiger charge is 2.23. The predicted molar refractivity (Wildman–Crippen MR) is 98.8 cm³/mol. The van der Waals surface area contributed by atoms with Crippen LogP contribution in [0.5, 0.6) is 0 Å². The maximum Gasteiger partial charge on any atom is 0.233 e. The number of hydrogen-bond donors (Lipinski definition) is 0. The Morgan fingerprint density at radius 1 is 1.19 bits per heavy atom. The van der Waals surface area contributed by atoms with E-state index in [9.17, 15) is 4.79 Å². The first-order valence-corrected chi connectivity index (χ1v) is 10.2. The van der Waals surface area contributed by atoms with E-state index in [4.69, 9.17) is 4.74 Å². The molecule has 2 aliphatic heterocycles. The van der Waals surface area contributed by atoms with Gasteiger partial charge in [0.15, 0.2) is 11.0 Å². The van der Waals surface area contributed by atoms with Gasteiger partial charge in [0, 0.05) is 37.7 Å². The first kappa shape index (κ1) is 17.5. The number of likely N-dealkylation sites (tertiary alicyclic amines) is 1. The molecule has 2 saturated heterocycles. The van der Waals surface area contributed by atoms with Crippen molar-refractivity contribution >= 4 is 17.7 Å². The smallest absolute Gasteiger partial charge is 0.233 e. The van der Waals surface area contributed by atoms with E-state index in [0.717, 1.165) is 61.9 Å². The summed E-state index contributed by atoms with van der Waals surface area (Å²) < 4.78 is 7.90. The standard InChI is InChI=1S/C18H23N5O2S/c24-16(22-9-1-2-10-22)13-26-18-21-20-17(14-5-7-19-8-6-14)23(18)12-15-4-3-11-25-15/h5-8,15H,1-4,9-13H2. The number of thioether (sulfide) groups is 1. The average Bonchev–Trinajstić information content (AvgIpc) is 3.43. The van der Waals surface area contributed by atoms with Gasteiger partial charge in [-0.05, 0) is 37.8 Å². The molecular weight excluding hydrogens is 350 g/mol. The number of pyridine rings is 1. The Morgan fingerprint density at radius 3 is 2.73 bits per heavy atom. The van der Waals surface area contributed by atoms with Crippen LogP contribution in [0.4, 0.5) is 0 Å². The van der Waals surface area contributed by atoms with Gasteiger partial charge in [-0.2, -0.15) is 0 Å². The van der Waals surface area contributed by atoms with E-state index in [1.807, 2.05) is 17.0 Å². The Morgan fingerprint density at radius 2 is 2.00 bits per heavy atom. The summed E-state index contributed by atoms with van der Waals surface area (Å²) >= 11 is 1.47. The summed E-state index contributed by atoms with van der Waals surface area (Å²) in [5.74, 6) is 1.39. The molecule has 8 heteroatoms. The number of carbonyl (C=O) groups is 1. The molecule has 0 radical (unpaired) electrons. The van der Waals surface area contributed by atoms with Gasteiger partial charge in [-0.1, -0.05) is 11.8 Å². The third kappa shape index (κ3) is 3.91. The molecule has 2 aliphatic rings. The van der Waals surface area contributed by atoms with Gasteiger partial charge in [0.2, 0.25) is 5.91 Å². The molecule has 4 heterocycles.